The van der Waals surface area contributed by atoms with Gasteiger partial charge in [0.2, 0.25) is 0 Å². The Hall–Kier alpha value is -3.29. The van der Waals surface area contributed by atoms with Crippen LogP contribution in [0.3, 0.4) is 0 Å². The number of carbonyl (C=O) groups is 1. The highest BCUT2D eigenvalue weighted by molar-refractivity contribution is 7.80. The van der Waals surface area contributed by atoms with Crippen molar-refractivity contribution in [2.45, 2.75) is 6.54 Å². The lowest BCUT2D eigenvalue weighted by Gasteiger charge is -2.33. The summed E-state index contributed by atoms with van der Waals surface area (Å²) in [5.41, 5.74) is 3.56. The lowest BCUT2D eigenvalue weighted by atomic mass is 10.2. The molecular formula is C25H26FN4OS+. The normalized spacial score (nSPS) is 14.1. The van der Waals surface area contributed by atoms with Crippen LogP contribution < -0.4 is 20.4 Å². The van der Waals surface area contributed by atoms with E-state index in [9.17, 15) is 9.18 Å². The summed E-state index contributed by atoms with van der Waals surface area (Å²) in [6.45, 7) is 5.29. The zero-order valence-corrected chi connectivity index (χ0v) is 18.5. The number of anilines is 2. The van der Waals surface area contributed by atoms with Gasteiger partial charge in [0, 0.05) is 22.5 Å². The largest absolute Gasteiger partial charge is 0.360 e. The minimum atomic E-state index is -0.463. The molecule has 1 fully saturated rings. The van der Waals surface area contributed by atoms with Crippen LogP contribution in [0.1, 0.15) is 15.9 Å². The Morgan fingerprint density at radius 3 is 2.38 bits per heavy atom. The molecule has 32 heavy (non-hydrogen) atoms. The van der Waals surface area contributed by atoms with Gasteiger partial charge in [-0.15, -0.1) is 0 Å². The fourth-order valence-corrected chi connectivity index (χ4v) is 4.08. The van der Waals surface area contributed by atoms with Crippen molar-refractivity contribution in [3.8, 4) is 0 Å². The predicted molar refractivity (Wildman–Crippen MR) is 130 cm³/mol. The van der Waals surface area contributed by atoms with Gasteiger partial charge in [-0.25, -0.2) is 4.39 Å². The average molecular weight is 450 g/mol. The maximum Gasteiger partial charge on any atom is 0.257 e. The molecule has 164 valence electrons. The number of halogens is 1. The minimum absolute atomic E-state index is 0.171. The summed E-state index contributed by atoms with van der Waals surface area (Å²) in [4.78, 5) is 16.2. The van der Waals surface area contributed by atoms with Gasteiger partial charge in [0.1, 0.15) is 12.4 Å². The Bertz CT molecular complexity index is 1070. The molecule has 3 aromatic rings. The second kappa shape index (κ2) is 10.3. The molecule has 5 nitrogen and oxygen atoms in total. The molecule has 0 spiro atoms. The second-order valence-electron chi connectivity index (χ2n) is 7.86. The van der Waals surface area contributed by atoms with E-state index in [2.05, 4.69) is 58.0 Å². The molecule has 0 aromatic heterocycles. The van der Waals surface area contributed by atoms with Crippen LogP contribution in [-0.4, -0.2) is 37.2 Å². The van der Waals surface area contributed by atoms with Crippen LogP contribution in [0.4, 0.5) is 15.8 Å². The summed E-state index contributed by atoms with van der Waals surface area (Å²) in [5, 5.41) is 5.75. The van der Waals surface area contributed by atoms with Gasteiger partial charge in [-0.2, -0.15) is 0 Å². The van der Waals surface area contributed by atoms with Gasteiger partial charge in [0.25, 0.3) is 5.91 Å². The molecule has 1 heterocycles. The van der Waals surface area contributed by atoms with Crippen LogP contribution in [0.25, 0.3) is 0 Å². The first kappa shape index (κ1) is 21.9. The number of nitrogens with one attached hydrogen (secondary N) is 3. The number of amides is 1. The molecule has 0 bridgehead atoms. The fraction of sp³-hybridized carbons (Fsp3) is 0.200. The van der Waals surface area contributed by atoms with Crippen molar-refractivity contribution >= 4 is 34.6 Å². The fourth-order valence-electron chi connectivity index (χ4n) is 3.87. The Balaban J connectivity index is 1.26. The quantitative estimate of drug-likeness (QED) is 0.525. The molecule has 7 heteroatoms. The number of piperazine rings is 1. The van der Waals surface area contributed by atoms with E-state index in [4.69, 9.17) is 12.2 Å². The van der Waals surface area contributed by atoms with Gasteiger partial charge in [-0.05, 0) is 54.7 Å². The molecule has 0 unspecified atom stereocenters. The number of carbonyl (C=O) groups excluding carboxylic acids is 1. The Labute approximate surface area is 192 Å². The minimum Gasteiger partial charge on any atom is -0.360 e. The summed E-state index contributed by atoms with van der Waals surface area (Å²) >= 11 is 5.22. The van der Waals surface area contributed by atoms with E-state index in [-0.39, 0.29) is 10.7 Å². The van der Waals surface area contributed by atoms with Crippen molar-refractivity contribution < 1.29 is 14.1 Å². The molecule has 1 saturated heterocycles. The monoisotopic (exact) mass is 449 g/mol. The topological polar surface area (TPSA) is 48.8 Å². The van der Waals surface area contributed by atoms with Crippen molar-refractivity contribution in [2.75, 3.05) is 36.4 Å². The molecule has 0 radical (unpaired) electrons. The molecule has 3 N–H and O–H groups in total. The molecule has 0 aliphatic carbocycles. The van der Waals surface area contributed by atoms with E-state index in [1.807, 2.05) is 12.1 Å². The number of thiocarbonyl (C=S) groups is 1. The highest BCUT2D eigenvalue weighted by Gasteiger charge is 2.20. The molecule has 3 aromatic carbocycles. The summed E-state index contributed by atoms with van der Waals surface area (Å²) in [6.07, 6.45) is 0. The van der Waals surface area contributed by atoms with E-state index in [0.29, 0.717) is 0 Å². The maximum atomic E-state index is 13.3. The van der Waals surface area contributed by atoms with Gasteiger partial charge in [0.05, 0.1) is 26.2 Å². The van der Waals surface area contributed by atoms with Crippen molar-refractivity contribution in [2.24, 2.45) is 0 Å². The maximum absolute atomic E-state index is 13.3. The van der Waals surface area contributed by atoms with Gasteiger partial charge >= 0.3 is 0 Å². The first-order chi connectivity index (χ1) is 15.6. The standard InChI is InChI=1S/C25H25FN4OS/c26-21-8-4-7-20(17-21)24(31)28-25(32)27-22-9-11-23(12-10-22)30-15-13-29(14-16-30)18-19-5-2-1-3-6-19/h1-12,17H,13-16,18H2,(H2,27,28,31,32)/p+1. The van der Waals surface area contributed by atoms with Gasteiger partial charge < -0.3 is 15.1 Å². The lowest BCUT2D eigenvalue weighted by molar-refractivity contribution is -0.914. The number of nitrogens with zero attached hydrogens (tertiary/aromatic N) is 1. The third kappa shape index (κ3) is 5.90. The van der Waals surface area contributed by atoms with Crippen molar-refractivity contribution in [3.05, 3.63) is 95.8 Å². The number of quaternary nitrogens is 1. The molecule has 1 aliphatic heterocycles. The van der Waals surface area contributed by atoms with E-state index in [1.165, 1.54) is 35.5 Å². The summed E-state index contributed by atoms with van der Waals surface area (Å²) in [5.74, 6) is -0.913. The van der Waals surface area contributed by atoms with Crippen LogP contribution in [0.2, 0.25) is 0 Å². The Morgan fingerprint density at radius 2 is 1.69 bits per heavy atom. The first-order valence-electron chi connectivity index (χ1n) is 10.7. The molecule has 1 amide bonds. The lowest BCUT2D eigenvalue weighted by Crippen LogP contribution is -3.13. The summed E-state index contributed by atoms with van der Waals surface area (Å²) in [7, 11) is 0. The number of hydrogen-bond donors (Lipinski definition) is 3. The third-order valence-electron chi connectivity index (χ3n) is 5.57. The predicted octanol–water partition coefficient (Wildman–Crippen LogP) is 2.86. The molecule has 1 aliphatic rings. The number of benzene rings is 3. The molecule has 0 saturated carbocycles. The van der Waals surface area contributed by atoms with Crippen molar-refractivity contribution in [1.29, 1.82) is 0 Å². The number of rotatable bonds is 5. The SMILES string of the molecule is O=C(NC(=S)Nc1ccc(N2CC[NH+](Cc3ccccc3)CC2)cc1)c1cccc(F)c1. The van der Waals surface area contributed by atoms with Crippen LogP contribution >= 0.6 is 12.2 Å². The average Bonchev–Trinajstić information content (AvgIpc) is 2.81. The van der Waals surface area contributed by atoms with Gasteiger partial charge in [0.15, 0.2) is 5.11 Å². The van der Waals surface area contributed by atoms with Crippen molar-refractivity contribution in [1.82, 2.24) is 5.32 Å². The summed E-state index contributed by atoms with van der Waals surface area (Å²) in [6, 6.07) is 24.1. The Kier molecular flexibility index (Phi) is 7.09. The van der Waals surface area contributed by atoms with E-state index < -0.39 is 11.7 Å². The highest BCUT2D eigenvalue weighted by atomic mass is 32.1. The van der Waals surface area contributed by atoms with Crippen LogP contribution in [0.15, 0.2) is 78.9 Å². The van der Waals surface area contributed by atoms with Crippen LogP contribution in [0, 0.1) is 5.82 Å². The van der Waals surface area contributed by atoms with Crippen LogP contribution in [0.5, 0.6) is 0 Å². The first-order valence-corrected chi connectivity index (χ1v) is 11.1. The molecular weight excluding hydrogens is 423 g/mol. The van der Waals surface area contributed by atoms with E-state index in [1.54, 1.807) is 4.90 Å². The molecule has 4 rings (SSSR count). The molecule has 0 atom stereocenters. The summed E-state index contributed by atoms with van der Waals surface area (Å²) < 4.78 is 13.3. The Morgan fingerprint density at radius 1 is 0.969 bits per heavy atom. The zero-order chi connectivity index (χ0) is 22.3. The second-order valence-corrected chi connectivity index (χ2v) is 8.27. The van der Waals surface area contributed by atoms with E-state index in [0.717, 1.165) is 38.4 Å². The van der Waals surface area contributed by atoms with Crippen LogP contribution in [-0.2, 0) is 6.54 Å². The smallest absolute Gasteiger partial charge is 0.257 e. The highest BCUT2D eigenvalue weighted by Crippen LogP contribution is 2.18. The van der Waals surface area contributed by atoms with Crippen molar-refractivity contribution in [3.63, 3.8) is 0 Å². The zero-order valence-electron chi connectivity index (χ0n) is 17.7. The third-order valence-corrected chi connectivity index (χ3v) is 5.78. The number of hydrogen-bond acceptors (Lipinski definition) is 3. The van der Waals surface area contributed by atoms with Gasteiger partial charge in [-0.3, -0.25) is 10.1 Å². The van der Waals surface area contributed by atoms with Gasteiger partial charge in [-0.1, -0.05) is 36.4 Å². The van der Waals surface area contributed by atoms with E-state index >= 15 is 0 Å².